The number of phenolic OH excluding ortho intramolecular Hbond substituents is 1. The van der Waals surface area contributed by atoms with E-state index in [-0.39, 0.29) is 17.4 Å². The van der Waals surface area contributed by atoms with Gasteiger partial charge in [-0.15, -0.1) is 0 Å². The van der Waals surface area contributed by atoms with Crippen LogP contribution in [0.4, 0.5) is 0 Å². The maximum absolute atomic E-state index is 11.0. The van der Waals surface area contributed by atoms with Crippen LogP contribution in [0.3, 0.4) is 0 Å². The van der Waals surface area contributed by atoms with Gasteiger partial charge in [-0.05, 0) is 67.2 Å². The number of fused-ring (bicyclic) bond motifs is 5. The van der Waals surface area contributed by atoms with Crippen molar-refractivity contribution >= 4 is 5.71 Å². The van der Waals surface area contributed by atoms with E-state index < -0.39 is 0 Å². The number of phenols is 1. The van der Waals surface area contributed by atoms with Gasteiger partial charge in [-0.2, -0.15) is 0 Å². The Bertz CT molecular complexity index is 656. The molecule has 0 heterocycles. The molecule has 3 aliphatic rings. The first kappa shape index (κ1) is 15.0. The zero-order chi connectivity index (χ0) is 16.2. The number of benzene rings is 1. The highest BCUT2D eigenvalue weighted by atomic mass is 16.6. The lowest BCUT2D eigenvalue weighted by Gasteiger charge is -2.51. The van der Waals surface area contributed by atoms with Crippen LogP contribution in [0.25, 0.3) is 0 Å². The molecule has 0 spiro atoms. The smallest absolute Gasteiger partial charge is 0.115 e. The summed E-state index contributed by atoms with van der Waals surface area (Å²) in [4.78, 5) is 5.06. The molecule has 0 amide bonds. The van der Waals surface area contributed by atoms with Crippen molar-refractivity contribution in [1.29, 1.82) is 0 Å². The Morgan fingerprint density at radius 2 is 2.09 bits per heavy atom. The maximum Gasteiger partial charge on any atom is 0.115 e. The normalized spacial score (nSPS) is 40.4. The second-order valence-electron chi connectivity index (χ2n) is 7.67. The quantitative estimate of drug-likeness (QED) is 0.782. The Kier molecular flexibility index (Phi) is 3.41. The number of hydrogen-bond donors (Lipinski definition) is 2. The molecule has 0 bridgehead atoms. The fourth-order valence-electron chi connectivity index (χ4n) is 5.70. The standard InChI is InChI=1S/C19H25NO3/c1-19-10-16(22)18-13-6-4-12(21)9-11(13)3-5-14(18)15(19)7-8-17(19)20-23-2/h4,6,9,14-16,18,21-22H,3,5,7-8,10H2,1-2H3/t14-,15-,16-,18+,19-/m0/s1. The highest BCUT2D eigenvalue weighted by Crippen LogP contribution is 2.60. The number of rotatable bonds is 1. The summed E-state index contributed by atoms with van der Waals surface area (Å²) in [5.41, 5.74) is 3.53. The number of hydrogen-bond acceptors (Lipinski definition) is 4. The van der Waals surface area contributed by atoms with Crippen molar-refractivity contribution in [1.82, 2.24) is 0 Å². The number of nitrogens with zero attached hydrogens (tertiary/aromatic N) is 1. The number of aromatic hydroxyl groups is 1. The van der Waals surface area contributed by atoms with Crippen molar-refractivity contribution in [3.05, 3.63) is 29.3 Å². The van der Waals surface area contributed by atoms with Crippen LogP contribution in [0.5, 0.6) is 5.75 Å². The van der Waals surface area contributed by atoms with Crippen molar-refractivity contribution in [3.8, 4) is 5.75 Å². The molecule has 4 rings (SSSR count). The molecule has 0 unspecified atom stereocenters. The third kappa shape index (κ3) is 2.11. The number of aryl methyl sites for hydroxylation is 1. The van der Waals surface area contributed by atoms with Crippen LogP contribution in [0.2, 0.25) is 0 Å². The van der Waals surface area contributed by atoms with Crippen LogP contribution in [0.1, 0.15) is 49.7 Å². The first-order chi connectivity index (χ1) is 11.0. The molecule has 1 aromatic carbocycles. The van der Waals surface area contributed by atoms with Crippen LogP contribution in [0, 0.1) is 17.3 Å². The summed E-state index contributed by atoms with van der Waals surface area (Å²) in [5.74, 6) is 1.57. The highest BCUT2D eigenvalue weighted by Gasteiger charge is 2.56. The number of oxime groups is 1. The minimum Gasteiger partial charge on any atom is -0.508 e. The summed E-state index contributed by atoms with van der Waals surface area (Å²) in [6.45, 7) is 2.26. The van der Waals surface area contributed by atoms with Gasteiger partial charge in [-0.3, -0.25) is 0 Å². The van der Waals surface area contributed by atoms with Gasteiger partial charge in [0.1, 0.15) is 12.9 Å². The van der Waals surface area contributed by atoms with Gasteiger partial charge in [-0.25, -0.2) is 0 Å². The van der Waals surface area contributed by atoms with Crippen molar-refractivity contribution in [2.24, 2.45) is 22.4 Å². The van der Waals surface area contributed by atoms with Crippen molar-refractivity contribution < 1.29 is 15.1 Å². The van der Waals surface area contributed by atoms with E-state index >= 15 is 0 Å². The molecule has 2 fully saturated rings. The molecule has 5 atom stereocenters. The van der Waals surface area contributed by atoms with Crippen molar-refractivity contribution in [2.75, 3.05) is 7.11 Å². The van der Waals surface area contributed by atoms with Gasteiger partial charge in [0, 0.05) is 11.3 Å². The molecular weight excluding hydrogens is 290 g/mol. The lowest BCUT2D eigenvalue weighted by Crippen LogP contribution is -2.49. The van der Waals surface area contributed by atoms with Crippen molar-refractivity contribution in [2.45, 2.75) is 51.0 Å². The molecule has 2 saturated carbocycles. The molecule has 23 heavy (non-hydrogen) atoms. The van der Waals surface area contributed by atoms with E-state index in [9.17, 15) is 10.2 Å². The topological polar surface area (TPSA) is 62.0 Å². The monoisotopic (exact) mass is 315 g/mol. The SMILES string of the molecule is CON=C1CC[C@H]2[C@@H]3CCc4cc(O)ccc4[C@H]3[C@@H](O)C[C@]12C. The van der Waals surface area contributed by atoms with Gasteiger partial charge in [0.15, 0.2) is 0 Å². The van der Waals surface area contributed by atoms with E-state index in [0.717, 1.165) is 37.8 Å². The molecule has 2 N–H and O–H groups in total. The molecule has 4 heteroatoms. The van der Waals surface area contributed by atoms with Crippen LogP contribution in [-0.4, -0.2) is 29.1 Å². The van der Waals surface area contributed by atoms with Crippen LogP contribution < -0.4 is 0 Å². The first-order valence-corrected chi connectivity index (χ1v) is 8.65. The lowest BCUT2D eigenvalue weighted by atomic mass is 9.54. The molecule has 4 nitrogen and oxygen atoms in total. The minimum atomic E-state index is -0.356. The zero-order valence-corrected chi connectivity index (χ0v) is 13.8. The number of aliphatic hydroxyl groups excluding tert-OH is 1. The predicted octanol–water partition coefficient (Wildman–Crippen LogP) is 3.22. The second kappa shape index (κ2) is 5.23. The van der Waals surface area contributed by atoms with Gasteiger partial charge in [0.05, 0.1) is 11.8 Å². The fourth-order valence-corrected chi connectivity index (χ4v) is 5.70. The molecule has 0 aromatic heterocycles. The Balaban J connectivity index is 1.74. The average molecular weight is 315 g/mol. The molecule has 124 valence electrons. The highest BCUT2D eigenvalue weighted by molar-refractivity contribution is 5.92. The van der Waals surface area contributed by atoms with Crippen LogP contribution in [0.15, 0.2) is 23.4 Å². The van der Waals surface area contributed by atoms with E-state index in [4.69, 9.17) is 4.84 Å². The van der Waals surface area contributed by atoms with E-state index in [1.165, 1.54) is 11.1 Å². The Morgan fingerprint density at radius 1 is 1.26 bits per heavy atom. The van der Waals surface area contributed by atoms with Crippen LogP contribution in [-0.2, 0) is 11.3 Å². The van der Waals surface area contributed by atoms with E-state index in [2.05, 4.69) is 12.1 Å². The molecular formula is C19H25NO3. The summed E-state index contributed by atoms with van der Waals surface area (Å²) >= 11 is 0. The van der Waals surface area contributed by atoms with Gasteiger partial charge in [-0.1, -0.05) is 18.1 Å². The summed E-state index contributed by atoms with van der Waals surface area (Å²) in [7, 11) is 1.61. The Labute approximate surface area is 137 Å². The predicted molar refractivity (Wildman–Crippen MR) is 88.6 cm³/mol. The van der Waals surface area contributed by atoms with E-state index in [1.54, 1.807) is 13.2 Å². The summed E-state index contributed by atoms with van der Waals surface area (Å²) in [6.07, 6.45) is 4.58. The molecule has 3 aliphatic carbocycles. The van der Waals surface area contributed by atoms with Gasteiger partial charge < -0.3 is 15.1 Å². The molecule has 0 aliphatic heterocycles. The number of aliphatic hydroxyl groups is 1. The Hall–Kier alpha value is -1.55. The third-order valence-corrected chi connectivity index (χ3v) is 6.63. The molecule has 1 aromatic rings. The Morgan fingerprint density at radius 3 is 2.87 bits per heavy atom. The summed E-state index contributed by atoms with van der Waals surface area (Å²) < 4.78 is 0. The molecule has 0 saturated heterocycles. The van der Waals surface area contributed by atoms with Crippen LogP contribution >= 0.6 is 0 Å². The zero-order valence-electron chi connectivity index (χ0n) is 13.8. The van der Waals surface area contributed by atoms with Gasteiger partial charge >= 0.3 is 0 Å². The summed E-state index contributed by atoms with van der Waals surface area (Å²) in [6, 6.07) is 5.65. The van der Waals surface area contributed by atoms with Crippen molar-refractivity contribution in [3.63, 3.8) is 0 Å². The summed E-state index contributed by atoms with van der Waals surface area (Å²) in [5, 5.41) is 25.0. The second-order valence-corrected chi connectivity index (χ2v) is 7.67. The fraction of sp³-hybridized carbons (Fsp3) is 0.632. The first-order valence-electron chi connectivity index (χ1n) is 8.65. The molecule has 0 radical (unpaired) electrons. The van der Waals surface area contributed by atoms with Gasteiger partial charge in [0.2, 0.25) is 0 Å². The maximum atomic E-state index is 11.0. The van der Waals surface area contributed by atoms with E-state index in [1.807, 2.05) is 12.1 Å². The van der Waals surface area contributed by atoms with E-state index in [0.29, 0.717) is 17.6 Å². The van der Waals surface area contributed by atoms with Gasteiger partial charge in [0.25, 0.3) is 0 Å². The minimum absolute atomic E-state index is 0.0367. The average Bonchev–Trinajstić information content (AvgIpc) is 2.83. The third-order valence-electron chi connectivity index (χ3n) is 6.63. The largest absolute Gasteiger partial charge is 0.508 e. The lowest BCUT2D eigenvalue weighted by molar-refractivity contribution is -0.0160.